The Labute approximate surface area is 197 Å². The number of hydrogen-bond acceptors (Lipinski definition) is 2. The molecule has 0 saturated heterocycles. The first kappa shape index (κ1) is 23.7. The number of benzene rings is 3. The van der Waals surface area contributed by atoms with Crippen LogP contribution in [0, 0.1) is 6.92 Å². The fourth-order valence-electron chi connectivity index (χ4n) is 3.45. The van der Waals surface area contributed by atoms with Gasteiger partial charge in [0.15, 0.2) is 10.9 Å². The number of nitrogens with one attached hydrogen (secondary N) is 2. The molecular weight excluding hydrogens is 412 g/mol. The second kappa shape index (κ2) is 10.6. The van der Waals surface area contributed by atoms with Gasteiger partial charge >= 0.3 is 0 Å². The summed E-state index contributed by atoms with van der Waals surface area (Å²) in [5.41, 5.74) is 6.01. The lowest BCUT2D eigenvalue weighted by atomic mass is 9.86. The normalized spacial score (nSPS) is 11.1. The second-order valence-electron chi connectivity index (χ2n) is 9.21. The van der Waals surface area contributed by atoms with E-state index in [1.165, 1.54) is 16.7 Å². The van der Waals surface area contributed by atoms with Crippen LogP contribution in [0.2, 0.25) is 0 Å². The highest BCUT2D eigenvalue weighted by Crippen LogP contribution is 2.23. The van der Waals surface area contributed by atoms with Crippen LogP contribution in [0.4, 0.5) is 5.69 Å². The molecule has 4 heteroatoms. The third-order valence-corrected chi connectivity index (χ3v) is 5.69. The molecule has 3 rings (SSSR count). The smallest absolute Gasteiger partial charge is 0.193 e. The zero-order valence-corrected chi connectivity index (χ0v) is 20.2. The molecule has 0 aliphatic heterocycles. The summed E-state index contributed by atoms with van der Waals surface area (Å²) in [5.74, 6) is 0.00563. The largest absolute Gasteiger partial charge is 0.362 e. The van der Waals surface area contributed by atoms with Crippen molar-refractivity contribution in [1.82, 2.24) is 5.32 Å². The van der Waals surface area contributed by atoms with Crippen molar-refractivity contribution in [2.24, 2.45) is 0 Å². The van der Waals surface area contributed by atoms with E-state index in [0.717, 1.165) is 25.1 Å². The first-order valence-corrected chi connectivity index (χ1v) is 11.5. The summed E-state index contributed by atoms with van der Waals surface area (Å²) < 4.78 is 0. The summed E-state index contributed by atoms with van der Waals surface area (Å²) in [4.78, 5) is 12.9. The maximum Gasteiger partial charge on any atom is 0.193 e. The van der Waals surface area contributed by atoms with Gasteiger partial charge in [-0.25, -0.2) is 0 Å². The molecule has 166 valence electrons. The molecule has 0 saturated carbocycles. The Morgan fingerprint density at radius 1 is 0.906 bits per heavy atom. The molecule has 32 heavy (non-hydrogen) atoms. The van der Waals surface area contributed by atoms with Gasteiger partial charge in [-0.05, 0) is 60.7 Å². The van der Waals surface area contributed by atoms with E-state index in [1.807, 2.05) is 48.5 Å². The maximum atomic E-state index is 12.9. The van der Waals surface area contributed by atoms with Crippen LogP contribution in [0.25, 0.3) is 0 Å². The number of hydrogen-bond donors (Lipinski definition) is 2. The van der Waals surface area contributed by atoms with E-state index in [1.54, 1.807) is 0 Å². The van der Waals surface area contributed by atoms with Crippen molar-refractivity contribution < 1.29 is 4.79 Å². The molecular formula is C28H32N2OS. The van der Waals surface area contributed by atoms with Crippen LogP contribution >= 0.6 is 12.2 Å². The topological polar surface area (TPSA) is 41.1 Å². The molecule has 0 radical (unpaired) electrons. The molecule has 0 fully saturated rings. The van der Waals surface area contributed by atoms with Crippen molar-refractivity contribution in [2.75, 3.05) is 11.9 Å². The number of rotatable bonds is 7. The van der Waals surface area contributed by atoms with Gasteiger partial charge in [-0.3, -0.25) is 4.79 Å². The van der Waals surface area contributed by atoms with Gasteiger partial charge in [0, 0.05) is 23.4 Å². The van der Waals surface area contributed by atoms with Crippen LogP contribution in [0.1, 0.15) is 59.8 Å². The monoisotopic (exact) mass is 444 g/mol. The molecule has 0 aliphatic rings. The molecule has 0 bridgehead atoms. The quantitative estimate of drug-likeness (QED) is 0.250. The molecule has 0 spiro atoms. The number of ketones is 1. The predicted molar refractivity (Wildman–Crippen MR) is 139 cm³/mol. The average Bonchev–Trinajstić information content (AvgIpc) is 2.77. The lowest BCUT2D eigenvalue weighted by molar-refractivity contribution is 0.103. The van der Waals surface area contributed by atoms with Gasteiger partial charge in [0.2, 0.25) is 0 Å². The molecule has 0 amide bonds. The fraction of sp³-hybridized carbons (Fsp3) is 0.286. The standard InChI is InChI=1S/C28H32N2OS/c1-20-10-12-21(13-11-20)7-6-18-29-27(32)30-25-9-5-8-23(19-25)26(31)22-14-16-24(17-15-22)28(2,3)4/h5,8-17,19H,6-7,18H2,1-4H3,(H2,29,30,32). The lowest BCUT2D eigenvalue weighted by Crippen LogP contribution is -2.29. The third kappa shape index (κ3) is 6.76. The van der Waals surface area contributed by atoms with Crippen LogP contribution in [0.5, 0.6) is 0 Å². The van der Waals surface area contributed by atoms with Crippen molar-refractivity contribution in [3.8, 4) is 0 Å². The van der Waals surface area contributed by atoms with Crippen LogP contribution in [0.3, 0.4) is 0 Å². The molecule has 0 unspecified atom stereocenters. The lowest BCUT2D eigenvalue weighted by Gasteiger charge is -2.19. The first-order chi connectivity index (χ1) is 15.2. The van der Waals surface area contributed by atoms with E-state index in [0.29, 0.717) is 16.2 Å². The van der Waals surface area contributed by atoms with Crippen molar-refractivity contribution in [3.05, 3.63) is 101 Å². The molecule has 3 aromatic rings. The van der Waals surface area contributed by atoms with E-state index in [-0.39, 0.29) is 11.2 Å². The zero-order chi connectivity index (χ0) is 23.1. The van der Waals surface area contributed by atoms with Gasteiger partial charge in [0.1, 0.15) is 0 Å². The Kier molecular flexibility index (Phi) is 7.81. The van der Waals surface area contributed by atoms with Crippen LogP contribution in [-0.4, -0.2) is 17.4 Å². The number of anilines is 1. The summed E-state index contributed by atoms with van der Waals surface area (Å²) in [6, 6.07) is 24.0. The Bertz CT molecular complexity index is 1060. The summed E-state index contributed by atoms with van der Waals surface area (Å²) in [6.07, 6.45) is 2.00. The minimum Gasteiger partial charge on any atom is -0.362 e. The Morgan fingerprint density at radius 2 is 1.59 bits per heavy atom. The van der Waals surface area contributed by atoms with Gasteiger partial charge in [0.05, 0.1) is 0 Å². The summed E-state index contributed by atoms with van der Waals surface area (Å²) in [6.45, 7) is 9.38. The van der Waals surface area contributed by atoms with Crippen LogP contribution in [-0.2, 0) is 11.8 Å². The Hall–Kier alpha value is -2.98. The van der Waals surface area contributed by atoms with Crippen molar-refractivity contribution >= 4 is 28.8 Å². The van der Waals surface area contributed by atoms with Gasteiger partial charge in [-0.1, -0.05) is 87.0 Å². The van der Waals surface area contributed by atoms with E-state index in [2.05, 4.69) is 62.6 Å². The van der Waals surface area contributed by atoms with Crippen molar-refractivity contribution in [1.29, 1.82) is 0 Å². The van der Waals surface area contributed by atoms with Crippen molar-refractivity contribution in [2.45, 2.75) is 46.0 Å². The molecule has 0 atom stereocenters. The third-order valence-electron chi connectivity index (χ3n) is 5.44. The number of aryl methyl sites for hydroxylation is 2. The van der Waals surface area contributed by atoms with E-state index in [4.69, 9.17) is 12.2 Å². The first-order valence-electron chi connectivity index (χ1n) is 11.1. The summed E-state index contributed by atoms with van der Waals surface area (Å²) in [7, 11) is 0. The number of carbonyl (C=O) groups excluding carboxylic acids is 1. The van der Waals surface area contributed by atoms with E-state index in [9.17, 15) is 4.79 Å². The highest BCUT2D eigenvalue weighted by Gasteiger charge is 2.15. The predicted octanol–water partition coefficient (Wildman–Crippen LogP) is 6.44. The summed E-state index contributed by atoms with van der Waals surface area (Å²) in [5, 5.41) is 7.00. The average molecular weight is 445 g/mol. The molecule has 3 aromatic carbocycles. The minimum atomic E-state index is 0.00563. The fourth-order valence-corrected chi connectivity index (χ4v) is 3.67. The highest BCUT2D eigenvalue weighted by atomic mass is 32.1. The molecule has 0 aliphatic carbocycles. The Balaban J connectivity index is 1.53. The van der Waals surface area contributed by atoms with Gasteiger partial charge in [-0.2, -0.15) is 0 Å². The minimum absolute atomic E-state index is 0.00563. The highest BCUT2D eigenvalue weighted by molar-refractivity contribution is 7.80. The molecule has 0 heterocycles. The second-order valence-corrected chi connectivity index (χ2v) is 9.62. The molecule has 3 nitrogen and oxygen atoms in total. The van der Waals surface area contributed by atoms with Gasteiger partial charge < -0.3 is 10.6 Å². The SMILES string of the molecule is Cc1ccc(CCCNC(=S)Nc2cccc(C(=O)c3ccc(C(C)(C)C)cc3)c2)cc1. The number of carbonyl (C=O) groups is 1. The molecule has 2 N–H and O–H groups in total. The number of thiocarbonyl (C=S) groups is 1. The van der Waals surface area contributed by atoms with E-state index >= 15 is 0 Å². The Morgan fingerprint density at radius 3 is 2.25 bits per heavy atom. The van der Waals surface area contributed by atoms with Crippen molar-refractivity contribution in [3.63, 3.8) is 0 Å². The molecule has 0 aromatic heterocycles. The van der Waals surface area contributed by atoms with Crippen LogP contribution in [0.15, 0.2) is 72.8 Å². The van der Waals surface area contributed by atoms with E-state index < -0.39 is 0 Å². The van der Waals surface area contributed by atoms with Gasteiger partial charge in [-0.15, -0.1) is 0 Å². The van der Waals surface area contributed by atoms with Crippen LogP contribution < -0.4 is 10.6 Å². The van der Waals surface area contributed by atoms with Gasteiger partial charge in [0.25, 0.3) is 0 Å². The zero-order valence-electron chi connectivity index (χ0n) is 19.4. The maximum absolute atomic E-state index is 12.9. The summed E-state index contributed by atoms with van der Waals surface area (Å²) >= 11 is 5.43.